The molecule has 1 aliphatic carbocycles. The molecule has 2 atom stereocenters. The Balaban J connectivity index is 2.38. The number of esters is 1. The van der Waals surface area contributed by atoms with Crippen molar-refractivity contribution in [1.82, 2.24) is 0 Å². The van der Waals surface area contributed by atoms with Crippen molar-refractivity contribution in [3.8, 4) is 0 Å². The maximum atomic E-state index is 12.8. The Morgan fingerprint density at radius 2 is 1.82 bits per heavy atom. The van der Waals surface area contributed by atoms with Crippen LogP contribution >= 0.6 is 0 Å². The molecule has 1 saturated carbocycles. The van der Waals surface area contributed by atoms with Crippen molar-refractivity contribution in [3.05, 3.63) is 23.3 Å². The lowest BCUT2D eigenvalue weighted by atomic mass is 9.80. The van der Waals surface area contributed by atoms with E-state index in [1.165, 1.54) is 13.0 Å². The Morgan fingerprint density at radius 1 is 1.18 bits per heavy atom. The highest BCUT2D eigenvalue weighted by Gasteiger charge is 2.36. The van der Waals surface area contributed by atoms with Crippen LogP contribution in [0.1, 0.15) is 49.7 Å². The molecular formula is C15H19F3N2O2. The standard InChI is InChI=1S/C15H19F3N2O2/c1-8(21)22-12-5-3-2-4-9(12)10-6-7-11(15(16,17)18)14(20)13(10)19/h6-7,9,12H,2-5,19-20H2,1H3. The monoisotopic (exact) mass is 316 g/mol. The molecule has 122 valence electrons. The predicted molar refractivity (Wildman–Crippen MR) is 77.0 cm³/mol. The second-order valence-electron chi connectivity index (χ2n) is 5.57. The highest BCUT2D eigenvalue weighted by atomic mass is 19.4. The molecule has 1 aromatic rings. The van der Waals surface area contributed by atoms with Crippen molar-refractivity contribution in [3.63, 3.8) is 0 Å². The molecule has 1 fully saturated rings. The number of rotatable bonds is 2. The summed E-state index contributed by atoms with van der Waals surface area (Å²) in [5.74, 6) is -0.627. The first kappa shape index (κ1) is 16.5. The number of anilines is 2. The van der Waals surface area contributed by atoms with Crippen LogP contribution < -0.4 is 11.5 Å². The van der Waals surface area contributed by atoms with Gasteiger partial charge < -0.3 is 16.2 Å². The predicted octanol–water partition coefficient (Wildman–Crippen LogP) is 3.46. The van der Waals surface area contributed by atoms with Gasteiger partial charge in [-0.3, -0.25) is 4.79 Å². The zero-order valence-corrected chi connectivity index (χ0v) is 12.2. The lowest BCUT2D eigenvalue weighted by Crippen LogP contribution is -2.28. The van der Waals surface area contributed by atoms with Crippen molar-refractivity contribution in [2.45, 2.75) is 50.8 Å². The third kappa shape index (κ3) is 3.28. The van der Waals surface area contributed by atoms with Crippen LogP contribution in [0.25, 0.3) is 0 Å². The van der Waals surface area contributed by atoms with Gasteiger partial charge in [-0.25, -0.2) is 0 Å². The van der Waals surface area contributed by atoms with Gasteiger partial charge in [0, 0.05) is 12.8 Å². The number of benzene rings is 1. The molecule has 0 heterocycles. The molecule has 0 aliphatic heterocycles. The molecule has 0 amide bonds. The second-order valence-corrected chi connectivity index (χ2v) is 5.57. The lowest BCUT2D eigenvalue weighted by molar-refractivity contribution is -0.148. The Hall–Kier alpha value is -1.92. The van der Waals surface area contributed by atoms with Crippen LogP contribution in [0.5, 0.6) is 0 Å². The summed E-state index contributed by atoms with van der Waals surface area (Å²) >= 11 is 0. The van der Waals surface area contributed by atoms with Gasteiger partial charge in [0.05, 0.1) is 16.9 Å². The minimum atomic E-state index is -4.54. The fourth-order valence-corrected chi connectivity index (χ4v) is 3.03. The smallest absolute Gasteiger partial charge is 0.418 e. The molecule has 0 radical (unpaired) electrons. The normalized spacial score (nSPS) is 22.4. The first-order valence-electron chi connectivity index (χ1n) is 7.14. The quantitative estimate of drug-likeness (QED) is 0.647. The Bertz CT molecular complexity index is 573. The molecule has 4 N–H and O–H groups in total. The van der Waals surface area contributed by atoms with E-state index in [1.807, 2.05) is 0 Å². The molecular weight excluding hydrogens is 297 g/mol. The summed E-state index contributed by atoms with van der Waals surface area (Å²) in [4.78, 5) is 11.2. The molecule has 0 saturated heterocycles. The van der Waals surface area contributed by atoms with Gasteiger partial charge in [-0.2, -0.15) is 13.2 Å². The van der Waals surface area contributed by atoms with Gasteiger partial charge in [-0.05, 0) is 30.9 Å². The molecule has 0 spiro atoms. The van der Waals surface area contributed by atoms with Crippen LogP contribution in [0.2, 0.25) is 0 Å². The van der Waals surface area contributed by atoms with Crippen molar-refractivity contribution in [1.29, 1.82) is 0 Å². The van der Waals surface area contributed by atoms with E-state index in [0.717, 1.165) is 18.9 Å². The van der Waals surface area contributed by atoms with E-state index in [0.29, 0.717) is 18.4 Å². The summed E-state index contributed by atoms with van der Waals surface area (Å²) in [6, 6.07) is 2.29. The van der Waals surface area contributed by atoms with Crippen LogP contribution in [0, 0.1) is 0 Å². The maximum Gasteiger partial charge on any atom is 0.418 e. The molecule has 22 heavy (non-hydrogen) atoms. The lowest BCUT2D eigenvalue weighted by Gasteiger charge is -2.32. The number of alkyl halides is 3. The average Bonchev–Trinajstić information content (AvgIpc) is 2.41. The summed E-state index contributed by atoms with van der Waals surface area (Å²) in [5, 5.41) is 0. The van der Waals surface area contributed by atoms with Gasteiger partial charge in [0.15, 0.2) is 0 Å². The fraction of sp³-hybridized carbons (Fsp3) is 0.533. The highest BCUT2D eigenvalue weighted by molar-refractivity contribution is 5.73. The van der Waals surface area contributed by atoms with Crippen LogP contribution in [0.15, 0.2) is 12.1 Å². The zero-order chi connectivity index (χ0) is 16.5. The molecule has 1 aliphatic rings. The Kier molecular flexibility index (Phi) is 4.53. The minimum absolute atomic E-state index is 0.0705. The van der Waals surface area contributed by atoms with Crippen LogP contribution in [-0.4, -0.2) is 12.1 Å². The van der Waals surface area contributed by atoms with E-state index >= 15 is 0 Å². The van der Waals surface area contributed by atoms with Gasteiger partial charge >= 0.3 is 12.1 Å². The summed E-state index contributed by atoms with van der Waals surface area (Å²) < 4.78 is 43.8. The summed E-state index contributed by atoms with van der Waals surface area (Å²) in [6.45, 7) is 1.32. The number of hydrogen-bond acceptors (Lipinski definition) is 4. The van der Waals surface area contributed by atoms with E-state index in [9.17, 15) is 18.0 Å². The van der Waals surface area contributed by atoms with E-state index < -0.39 is 23.4 Å². The molecule has 2 unspecified atom stereocenters. The van der Waals surface area contributed by atoms with Gasteiger partial charge in [0.25, 0.3) is 0 Å². The third-order valence-electron chi connectivity index (χ3n) is 4.05. The number of nitrogens with two attached hydrogens (primary N) is 2. The first-order chi connectivity index (χ1) is 10.2. The van der Waals surface area contributed by atoms with Crippen molar-refractivity contribution >= 4 is 17.3 Å². The van der Waals surface area contributed by atoms with Gasteiger partial charge in [0.1, 0.15) is 6.10 Å². The fourth-order valence-electron chi connectivity index (χ4n) is 3.03. The molecule has 1 aromatic carbocycles. The number of hydrogen-bond donors (Lipinski definition) is 2. The molecule has 0 aromatic heterocycles. The number of halogens is 3. The van der Waals surface area contributed by atoms with Crippen molar-refractivity contribution in [2.24, 2.45) is 0 Å². The highest BCUT2D eigenvalue weighted by Crippen LogP contribution is 2.43. The molecule has 4 nitrogen and oxygen atoms in total. The SMILES string of the molecule is CC(=O)OC1CCCCC1c1ccc(C(F)(F)F)c(N)c1N. The van der Waals surface area contributed by atoms with Crippen molar-refractivity contribution < 1.29 is 22.7 Å². The largest absolute Gasteiger partial charge is 0.462 e. The van der Waals surface area contributed by atoms with E-state index in [4.69, 9.17) is 16.2 Å². The average molecular weight is 316 g/mol. The van der Waals surface area contributed by atoms with Gasteiger partial charge in [0.2, 0.25) is 0 Å². The van der Waals surface area contributed by atoms with Crippen molar-refractivity contribution in [2.75, 3.05) is 11.5 Å². The van der Waals surface area contributed by atoms with Crippen LogP contribution in [0.3, 0.4) is 0 Å². The van der Waals surface area contributed by atoms with Crippen LogP contribution in [0.4, 0.5) is 24.5 Å². The first-order valence-corrected chi connectivity index (χ1v) is 7.14. The Labute approximate surface area is 126 Å². The number of carbonyl (C=O) groups excluding carboxylic acids is 1. The third-order valence-corrected chi connectivity index (χ3v) is 4.05. The van der Waals surface area contributed by atoms with Crippen LogP contribution in [-0.2, 0) is 15.7 Å². The van der Waals surface area contributed by atoms with Gasteiger partial charge in [-0.15, -0.1) is 0 Å². The number of nitrogen functional groups attached to an aromatic ring is 2. The Morgan fingerprint density at radius 3 is 2.41 bits per heavy atom. The molecule has 7 heteroatoms. The summed E-state index contributed by atoms with van der Waals surface area (Å²) in [6.07, 6.45) is -1.73. The number of carbonyl (C=O) groups is 1. The van der Waals surface area contributed by atoms with Gasteiger partial charge in [-0.1, -0.05) is 12.5 Å². The topological polar surface area (TPSA) is 78.3 Å². The summed E-state index contributed by atoms with van der Waals surface area (Å²) in [5.41, 5.74) is 10.5. The second kappa shape index (κ2) is 6.06. The maximum absolute atomic E-state index is 12.8. The van der Waals surface area contributed by atoms with E-state index in [-0.39, 0.29) is 17.7 Å². The van der Waals surface area contributed by atoms with E-state index in [2.05, 4.69) is 0 Å². The molecule has 2 rings (SSSR count). The minimum Gasteiger partial charge on any atom is -0.462 e. The summed E-state index contributed by atoms with van der Waals surface area (Å²) in [7, 11) is 0. The zero-order valence-electron chi connectivity index (χ0n) is 12.2. The number of ether oxygens (including phenoxy) is 1. The molecule has 0 bridgehead atoms. The van der Waals surface area contributed by atoms with E-state index in [1.54, 1.807) is 0 Å².